The number of nitrogens with zero attached hydrogens (tertiary/aromatic N) is 1. The smallest absolute Gasteiger partial charge is 0.314 e. The van der Waals surface area contributed by atoms with E-state index < -0.39 is 0 Å². The normalized spacial score (nSPS) is 22.5. The minimum absolute atomic E-state index is 0.0615. The van der Waals surface area contributed by atoms with Crippen LogP contribution in [0.4, 0.5) is 0 Å². The van der Waals surface area contributed by atoms with Gasteiger partial charge in [0.2, 0.25) is 0 Å². The Labute approximate surface area is 142 Å². The first-order valence-electron chi connectivity index (χ1n) is 8.68. The number of aromatic amines is 1. The maximum Gasteiger partial charge on any atom is 0.314 e. The van der Waals surface area contributed by atoms with Gasteiger partial charge in [-0.2, -0.15) is 0 Å². The van der Waals surface area contributed by atoms with E-state index in [1.54, 1.807) is 0 Å². The number of H-pyrrole nitrogens is 1. The Morgan fingerprint density at radius 2 is 2.21 bits per heavy atom. The number of benzene rings is 1. The van der Waals surface area contributed by atoms with Gasteiger partial charge in [0.25, 0.3) is 0 Å². The highest BCUT2D eigenvalue weighted by Gasteiger charge is 2.31. The predicted octanol–water partition coefficient (Wildman–Crippen LogP) is 2.30. The van der Waals surface area contributed by atoms with Crippen LogP contribution in [-0.2, 0) is 16.0 Å². The Bertz CT molecular complexity index is 710. The summed E-state index contributed by atoms with van der Waals surface area (Å²) in [6.45, 7) is 4.90. The number of methoxy groups -OCH3 is 1. The fraction of sp³-hybridized carbons (Fsp3) is 0.526. The molecule has 130 valence electrons. The second-order valence-corrected chi connectivity index (χ2v) is 6.57. The molecular formula is C19H26N2O3. The van der Waals surface area contributed by atoms with Crippen LogP contribution < -0.4 is 0 Å². The van der Waals surface area contributed by atoms with Crippen LogP contribution in [0.5, 0.6) is 0 Å². The molecule has 0 saturated heterocycles. The number of hydrogen-bond acceptors (Lipinski definition) is 4. The van der Waals surface area contributed by atoms with Gasteiger partial charge in [-0.1, -0.05) is 25.1 Å². The summed E-state index contributed by atoms with van der Waals surface area (Å²) in [6, 6.07) is 8.19. The minimum atomic E-state index is -0.355. The number of likely N-dealkylation sites (N-methyl/N-ethyl adjacent to an activating group) is 1. The molecule has 1 aromatic heterocycles. The number of carbonyl (C=O) groups excluding carboxylic acids is 1. The van der Waals surface area contributed by atoms with Gasteiger partial charge < -0.3 is 19.7 Å². The Balaban J connectivity index is 2.10. The zero-order valence-corrected chi connectivity index (χ0v) is 14.4. The molecule has 0 fully saturated rings. The molecule has 0 saturated carbocycles. The summed E-state index contributed by atoms with van der Waals surface area (Å²) in [7, 11) is 1.43. The van der Waals surface area contributed by atoms with Crippen molar-refractivity contribution in [3.8, 4) is 0 Å². The number of para-hydroxylation sites is 1. The zero-order chi connectivity index (χ0) is 17.1. The Morgan fingerprint density at radius 1 is 1.42 bits per heavy atom. The van der Waals surface area contributed by atoms with Crippen LogP contribution in [0, 0.1) is 5.92 Å². The van der Waals surface area contributed by atoms with Gasteiger partial charge in [0, 0.05) is 36.3 Å². The van der Waals surface area contributed by atoms with E-state index >= 15 is 0 Å². The monoisotopic (exact) mass is 330 g/mol. The minimum Gasteiger partial charge on any atom is -0.469 e. The number of aliphatic hydroxyl groups excluding tert-OH is 1. The predicted molar refractivity (Wildman–Crippen MR) is 94.1 cm³/mol. The zero-order valence-electron chi connectivity index (χ0n) is 14.4. The molecule has 1 aliphatic heterocycles. The number of carbonyl (C=O) groups is 1. The lowest BCUT2D eigenvalue weighted by molar-refractivity contribution is -0.143. The number of rotatable bonds is 3. The Hall–Kier alpha value is -1.85. The standard InChI is InChI=1S/C19H26N2O3/c1-3-21-9-8-15-14-6-4-5-7-17(14)20-18(15)16(19(23)24-2)10-13(11-21)12-22/h4-7,13,16,20,22H,3,8-12H2,1-2H3. The molecule has 5 heteroatoms. The summed E-state index contributed by atoms with van der Waals surface area (Å²) in [5.74, 6) is -0.524. The molecule has 0 aliphatic carbocycles. The molecule has 2 N–H and O–H groups in total. The van der Waals surface area contributed by atoms with Crippen LogP contribution >= 0.6 is 0 Å². The molecule has 3 rings (SSSR count). The van der Waals surface area contributed by atoms with Crippen LogP contribution in [0.2, 0.25) is 0 Å². The molecule has 1 aromatic carbocycles. The van der Waals surface area contributed by atoms with Gasteiger partial charge in [0.05, 0.1) is 13.0 Å². The van der Waals surface area contributed by atoms with Crippen LogP contribution in [-0.4, -0.2) is 54.3 Å². The molecule has 2 unspecified atom stereocenters. The van der Waals surface area contributed by atoms with Crippen LogP contribution in [0.25, 0.3) is 10.9 Å². The van der Waals surface area contributed by atoms with Crippen molar-refractivity contribution in [2.75, 3.05) is 33.4 Å². The first-order chi connectivity index (χ1) is 11.7. The van der Waals surface area contributed by atoms with E-state index in [0.717, 1.165) is 37.3 Å². The molecule has 0 spiro atoms. The van der Waals surface area contributed by atoms with E-state index in [2.05, 4.69) is 22.9 Å². The molecule has 5 nitrogen and oxygen atoms in total. The first-order valence-corrected chi connectivity index (χ1v) is 8.68. The average Bonchev–Trinajstić information content (AvgIpc) is 3.00. The quantitative estimate of drug-likeness (QED) is 0.848. The molecular weight excluding hydrogens is 304 g/mol. The largest absolute Gasteiger partial charge is 0.469 e. The number of esters is 1. The van der Waals surface area contributed by atoms with Crippen molar-refractivity contribution >= 4 is 16.9 Å². The lowest BCUT2D eigenvalue weighted by Crippen LogP contribution is -2.33. The maximum absolute atomic E-state index is 12.5. The molecule has 24 heavy (non-hydrogen) atoms. The van der Waals surface area contributed by atoms with E-state index in [-0.39, 0.29) is 24.4 Å². The third-order valence-electron chi connectivity index (χ3n) is 5.15. The molecule has 0 radical (unpaired) electrons. The fourth-order valence-corrected chi connectivity index (χ4v) is 3.82. The highest BCUT2D eigenvalue weighted by molar-refractivity contribution is 5.88. The summed E-state index contributed by atoms with van der Waals surface area (Å²) in [6.07, 6.45) is 1.48. The van der Waals surface area contributed by atoms with Gasteiger partial charge in [0.1, 0.15) is 0 Å². The van der Waals surface area contributed by atoms with Gasteiger partial charge in [0.15, 0.2) is 0 Å². The van der Waals surface area contributed by atoms with Gasteiger partial charge in [-0.05, 0) is 36.9 Å². The third-order valence-corrected chi connectivity index (χ3v) is 5.15. The third kappa shape index (κ3) is 3.19. The van der Waals surface area contributed by atoms with Gasteiger partial charge >= 0.3 is 5.97 Å². The van der Waals surface area contributed by atoms with Gasteiger partial charge in [-0.15, -0.1) is 0 Å². The molecule has 0 bridgehead atoms. The van der Waals surface area contributed by atoms with Crippen LogP contribution in [0.15, 0.2) is 24.3 Å². The molecule has 1 aliphatic rings. The van der Waals surface area contributed by atoms with Crippen molar-refractivity contribution in [1.82, 2.24) is 9.88 Å². The number of fused-ring (bicyclic) bond motifs is 3. The average molecular weight is 330 g/mol. The summed E-state index contributed by atoms with van der Waals surface area (Å²) in [5, 5.41) is 11.0. The van der Waals surface area contributed by atoms with Crippen molar-refractivity contribution in [1.29, 1.82) is 0 Å². The fourth-order valence-electron chi connectivity index (χ4n) is 3.82. The number of hydrogen-bond donors (Lipinski definition) is 2. The van der Waals surface area contributed by atoms with Gasteiger partial charge in [-0.3, -0.25) is 4.79 Å². The van der Waals surface area contributed by atoms with E-state index in [1.165, 1.54) is 18.1 Å². The number of aliphatic hydroxyl groups is 1. The summed E-state index contributed by atoms with van der Waals surface area (Å²) in [4.78, 5) is 18.3. The second-order valence-electron chi connectivity index (χ2n) is 6.57. The SMILES string of the molecule is CCN1CCc2c([nH]c3ccccc23)C(C(=O)OC)CC(CO)C1. The Morgan fingerprint density at radius 3 is 2.92 bits per heavy atom. The number of nitrogens with one attached hydrogen (secondary N) is 1. The molecule has 2 heterocycles. The molecule has 2 atom stereocenters. The molecule has 0 amide bonds. The first kappa shape index (κ1) is 17.0. The maximum atomic E-state index is 12.5. The van der Waals surface area contributed by atoms with E-state index in [0.29, 0.717) is 6.42 Å². The number of aromatic nitrogens is 1. The summed E-state index contributed by atoms with van der Waals surface area (Å²) in [5.41, 5.74) is 3.22. The van der Waals surface area contributed by atoms with Crippen molar-refractivity contribution in [2.24, 2.45) is 5.92 Å². The van der Waals surface area contributed by atoms with E-state index in [1.807, 2.05) is 18.2 Å². The van der Waals surface area contributed by atoms with Crippen molar-refractivity contribution < 1.29 is 14.6 Å². The van der Waals surface area contributed by atoms with Crippen molar-refractivity contribution in [3.05, 3.63) is 35.5 Å². The van der Waals surface area contributed by atoms with Crippen molar-refractivity contribution in [3.63, 3.8) is 0 Å². The van der Waals surface area contributed by atoms with Crippen molar-refractivity contribution in [2.45, 2.75) is 25.7 Å². The topological polar surface area (TPSA) is 65.6 Å². The van der Waals surface area contributed by atoms with Crippen LogP contribution in [0.3, 0.4) is 0 Å². The summed E-state index contributed by atoms with van der Waals surface area (Å²) < 4.78 is 5.07. The molecule has 2 aromatic rings. The van der Waals surface area contributed by atoms with E-state index in [4.69, 9.17) is 4.74 Å². The second kappa shape index (κ2) is 7.36. The van der Waals surface area contributed by atoms with Crippen LogP contribution in [0.1, 0.15) is 30.5 Å². The summed E-state index contributed by atoms with van der Waals surface area (Å²) >= 11 is 0. The highest BCUT2D eigenvalue weighted by atomic mass is 16.5. The lowest BCUT2D eigenvalue weighted by Gasteiger charge is -2.25. The lowest BCUT2D eigenvalue weighted by atomic mass is 9.90. The van der Waals surface area contributed by atoms with E-state index in [9.17, 15) is 9.90 Å². The number of ether oxygens (including phenoxy) is 1. The van der Waals surface area contributed by atoms with Gasteiger partial charge in [-0.25, -0.2) is 0 Å². The Kier molecular flexibility index (Phi) is 5.21. The highest BCUT2D eigenvalue weighted by Crippen LogP contribution is 2.34.